The average molecular weight is 493 g/mol. The summed E-state index contributed by atoms with van der Waals surface area (Å²) in [6.45, 7) is 3.24. The van der Waals surface area contributed by atoms with Gasteiger partial charge < -0.3 is 24.4 Å². The van der Waals surface area contributed by atoms with Crippen LogP contribution >= 0.6 is 23.2 Å². The van der Waals surface area contributed by atoms with E-state index < -0.39 is 17.7 Å². The lowest BCUT2D eigenvalue weighted by atomic mass is 9.95. The van der Waals surface area contributed by atoms with Crippen molar-refractivity contribution in [3.63, 3.8) is 0 Å². The van der Waals surface area contributed by atoms with E-state index in [0.29, 0.717) is 31.0 Å². The number of Topliss-reactive ketones (excluding diaryl/α,β-unsaturated/α-hetero) is 1. The molecule has 176 valence electrons. The lowest BCUT2D eigenvalue weighted by Gasteiger charge is -2.26. The Hall–Kier alpha value is -2.74. The Labute approximate surface area is 203 Å². The number of amides is 1. The third-order valence-corrected chi connectivity index (χ3v) is 5.87. The monoisotopic (exact) mass is 492 g/mol. The Kier molecular flexibility index (Phi) is 7.89. The number of carbonyl (C=O) groups is 2. The number of nitrogens with zero attached hydrogens (tertiary/aromatic N) is 2. The maximum absolute atomic E-state index is 13.1. The molecule has 1 saturated heterocycles. The molecule has 0 radical (unpaired) electrons. The first-order valence-corrected chi connectivity index (χ1v) is 11.1. The van der Waals surface area contributed by atoms with E-state index in [1.54, 1.807) is 24.3 Å². The molecular weight excluding hydrogens is 467 g/mol. The Balaban J connectivity index is 2.15. The molecule has 33 heavy (non-hydrogen) atoms. The molecule has 1 fully saturated rings. The zero-order valence-corrected chi connectivity index (χ0v) is 20.4. The first kappa shape index (κ1) is 24.9. The molecule has 0 saturated carbocycles. The van der Waals surface area contributed by atoms with Crippen molar-refractivity contribution in [2.24, 2.45) is 0 Å². The van der Waals surface area contributed by atoms with Gasteiger partial charge in [0.2, 0.25) is 0 Å². The van der Waals surface area contributed by atoms with E-state index in [1.807, 2.05) is 25.9 Å². The fourth-order valence-electron chi connectivity index (χ4n) is 3.73. The highest BCUT2D eigenvalue weighted by Gasteiger charge is 2.46. The van der Waals surface area contributed by atoms with Gasteiger partial charge in [-0.1, -0.05) is 35.3 Å². The van der Waals surface area contributed by atoms with E-state index in [4.69, 9.17) is 32.7 Å². The van der Waals surface area contributed by atoms with Crippen molar-refractivity contribution in [1.82, 2.24) is 9.80 Å². The van der Waals surface area contributed by atoms with Crippen LogP contribution in [0.5, 0.6) is 11.5 Å². The van der Waals surface area contributed by atoms with E-state index in [-0.39, 0.29) is 32.7 Å². The number of hydrogen-bond donors (Lipinski definition) is 1. The number of halogens is 2. The summed E-state index contributed by atoms with van der Waals surface area (Å²) in [6, 6.07) is 9.23. The van der Waals surface area contributed by atoms with Crippen LogP contribution in [0.15, 0.2) is 42.0 Å². The molecule has 0 spiro atoms. The molecule has 2 aromatic carbocycles. The smallest absolute Gasteiger partial charge is 0.295 e. The summed E-state index contributed by atoms with van der Waals surface area (Å²) in [6.07, 6.45) is 0. The number of carbonyl (C=O) groups excluding carboxylic acids is 2. The molecule has 1 amide bonds. The largest absolute Gasteiger partial charge is 0.507 e. The summed E-state index contributed by atoms with van der Waals surface area (Å²) in [5.41, 5.74) is 0.858. The molecule has 0 aliphatic carbocycles. The molecule has 1 unspecified atom stereocenters. The predicted molar refractivity (Wildman–Crippen MR) is 128 cm³/mol. The highest BCUT2D eigenvalue weighted by atomic mass is 35.5. The summed E-state index contributed by atoms with van der Waals surface area (Å²) in [5, 5.41) is 11.5. The van der Waals surface area contributed by atoms with Gasteiger partial charge in [-0.25, -0.2) is 0 Å². The molecule has 1 aliphatic rings. The maximum atomic E-state index is 13.1. The molecule has 2 aromatic rings. The van der Waals surface area contributed by atoms with Gasteiger partial charge in [-0.2, -0.15) is 0 Å². The van der Waals surface area contributed by atoms with Crippen LogP contribution in [-0.4, -0.2) is 67.5 Å². The third kappa shape index (κ3) is 5.11. The van der Waals surface area contributed by atoms with Crippen LogP contribution in [0.3, 0.4) is 0 Å². The van der Waals surface area contributed by atoms with Crippen LogP contribution in [0.1, 0.15) is 24.1 Å². The maximum Gasteiger partial charge on any atom is 0.295 e. The fourth-order valence-corrected chi connectivity index (χ4v) is 4.37. The number of hydrogen-bond acceptors (Lipinski definition) is 6. The van der Waals surface area contributed by atoms with E-state index in [1.165, 1.54) is 24.1 Å². The zero-order chi connectivity index (χ0) is 24.3. The van der Waals surface area contributed by atoms with Crippen LogP contribution in [0, 0.1) is 0 Å². The predicted octanol–water partition coefficient (Wildman–Crippen LogP) is 4.38. The third-order valence-electron chi connectivity index (χ3n) is 5.31. The van der Waals surface area contributed by atoms with Crippen LogP contribution < -0.4 is 9.47 Å². The van der Waals surface area contributed by atoms with E-state index in [2.05, 4.69) is 0 Å². The summed E-state index contributed by atoms with van der Waals surface area (Å²) in [7, 11) is 5.18. The minimum Gasteiger partial charge on any atom is -0.507 e. The lowest BCUT2D eigenvalue weighted by molar-refractivity contribution is -0.140. The minimum absolute atomic E-state index is 0.0276. The molecule has 3 rings (SSSR count). The number of rotatable bonds is 8. The Morgan fingerprint density at radius 1 is 1.12 bits per heavy atom. The number of aliphatic hydroxyl groups excluding tert-OH is 1. The van der Waals surface area contributed by atoms with E-state index in [9.17, 15) is 14.7 Å². The second-order valence-electron chi connectivity index (χ2n) is 7.77. The molecule has 1 heterocycles. The second kappa shape index (κ2) is 10.5. The Morgan fingerprint density at radius 3 is 2.24 bits per heavy atom. The highest BCUT2D eigenvalue weighted by Crippen LogP contribution is 2.42. The molecule has 7 nitrogen and oxygen atoms in total. The van der Waals surface area contributed by atoms with Crippen molar-refractivity contribution in [1.29, 1.82) is 0 Å². The normalized spacial score (nSPS) is 17.7. The van der Waals surface area contributed by atoms with Gasteiger partial charge in [0.05, 0.1) is 35.4 Å². The molecule has 0 bridgehead atoms. The van der Waals surface area contributed by atoms with E-state index >= 15 is 0 Å². The summed E-state index contributed by atoms with van der Waals surface area (Å²) < 4.78 is 10.7. The van der Waals surface area contributed by atoms with Crippen molar-refractivity contribution < 1.29 is 24.2 Å². The topological polar surface area (TPSA) is 79.3 Å². The number of ketones is 1. The van der Waals surface area contributed by atoms with Gasteiger partial charge in [-0.15, -0.1) is 0 Å². The summed E-state index contributed by atoms with van der Waals surface area (Å²) in [5.74, 6) is -0.883. The van der Waals surface area contributed by atoms with Gasteiger partial charge in [0.25, 0.3) is 11.7 Å². The van der Waals surface area contributed by atoms with Crippen molar-refractivity contribution >= 4 is 40.7 Å². The Morgan fingerprint density at radius 2 is 1.73 bits per heavy atom. The number of likely N-dealkylation sites (N-methyl/N-ethyl adjacent to an activating group) is 1. The molecule has 0 aromatic heterocycles. The minimum atomic E-state index is -0.778. The summed E-state index contributed by atoms with van der Waals surface area (Å²) >= 11 is 12.5. The molecule has 9 heteroatoms. The number of methoxy groups -OCH3 is 1. The number of benzene rings is 2. The molecular formula is C24H26Cl2N2O5. The van der Waals surface area contributed by atoms with Crippen molar-refractivity contribution in [2.75, 3.05) is 40.9 Å². The van der Waals surface area contributed by atoms with Crippen molar-refractivity contribution in [3.05, 3.63) is 63.1 Å². The van der Waals surface area contributed by atoms with Crippen molar-refractivity contribution in [3.8, 4) is 11.5 Å². The van der Waals surface area contributed by atoms with Crippen LogP contribution in [0.25, 0.3) is 5.76 Å². The SMILES string of the molecule is CCOc1ccc(C2/C(=C(\O)c3cc(Cl)c(OC)c(Cl)c3)C(=O)C(=O)N2CCN(C)C)cc1. The van der Waals surface area contributed by atoms with Crippen molar-refractivity contribution in [2.45, 2.75) is 13.0 Å². The average Bonchev–Trinajstić information content (AvgIpc) is 3.02. The van der Waals surface area contributed by atoms with Crippen LogP contribution in [0.2, 0.25) is 10.0 Å². The van der Waals surface area contributed by atoms with Gasteiger partial charge in [0.15, 0.2) is 5.75 Å². The molecule has 1 N–H and O–H groups in total. The van der Waals surface area contributed by atoms with Gasteiger partial charge in [-0.05, 0) is 50.8 Å². The highest BCUT2D eigenvalue weighted by molar-refractivity contribution is 6.46. The van der Waals surface area contributed by atoms with E-state index in [0.717, 1.165) is 0 Å². The lowest BCUT2D eigenvalue weighted by Crippen LogP contribution is -2.35. The quantitative estimate of drug-likeness (QED) is 0.334. The number of ether oxygens (including phenoxy) is 2. The molecule has 1 aliphatic heterocycles. The van der Waals surface area contributed by atoms with Gasteiger partial charge in [-0.3, -0.25) is 9.59 Å². The van der Waals surface area contributed by atoms with Gasteiger partial charge in [0.1, 0.15) is 11.5 Å². The van der Waals surface area contributed by atoms with Crippen LogP contribution in [-0.2, 0) is 9.59 Å². The Bertz CT molecular complexity index is 1060. The summed E-state index contributed by atoms with van der Waals surface area (Å²) in [4.78, 5) is 29.4. The number of aliphatic hydroxyl groups is 1. The second-order valence-corrected chi connectivity index (χ2v) is 8.59. The standard InChI is InChI=1S/C24H26Cl2N2O5/c1-5-33-16-8-6-14(7-9-16)20-19(22(30)24(31)28(20)11-10-27(2)3)21(29)15-12-17(25)23(32-4)18(26)13-15/h6-9,12-13,20,29H,5,10-11H2,1-4H3/b21-19+. The first-order valence-electron chi connectivity index (χ1n) is 10.4. The zero-order valence-electron chi connectivity index (χ0n) is 18.9. The van der Waals surface area contributed by atoms with Gasteiger partial charge in [0, 0.05) is 18.7 Å². The number of likely N-dealkylation sites (tertiary alicyclic amines) is 1. The fraction of sp³-hybridized carbons (Fsp3) is 0.333. The first-order chi connectivity index (χ1) is 15.7. The van der Waals surface area contributed by atoms with Crippen LogP contribution in [0.4, 0.5) is 0 Å². The van der Waals surface area contributed by atoms with Gasteiger partial charge >= 0.3 is 0 Å². The molecule has 1 atom stereocenters.